The lowest BCUT2D eigenvalue weighted by molar-refractivity contribution is 0.0938. The molecule has 0 fully saturated rings. The zero-order valence-corrected chi connectivity index (χ0v) is 13.8. The number of rotatable bonds is 4. The SMILES string of the molecule is O=C(NCCO)c1nn(-c2cccc(Br)c2)c2c1CCCC2. The van der Waals surface area contributed by atoms with Gasteiger partial charge in [-0.3, -0.25) is 4.79 Å². The average Bonchev–Trinajstić information content (AvgIpc) is 2.92. The molecule has 0 spiro atoms. The number of nitrogens with zero attached hydrogens (tertiary/aromatic N) is 2. The Labute approximate surface area is 137 Å². The summed E-state index contributed by atoms with van der Waals surface area (Å²) in [5, 5.41) is 16.1. The minimum absolute atomic E-state index is 0.0692. The lowest BCUT2D eigenvalue weighted by Crippen LogP contribution is -2.27. The Morgan fingerprint density at radius 1 is 1.36 bits per heavy atom. The van der Waals surface area contributed by atoms with Gasteiger partial charge in [0.25, 0.3) is 5.91 Å². The molecule has 116 valence electrons. The summed E-state index contributed by atoms with van der Waals surface area (Å²) in [5.41, 5.74) is 3.61. The summed E-state index contributed by atoms with van der Waals surface area (Å²) in [6, 6.07) is 7.91. The summed E-state index contributed by atoms with van der Waals surface area (Å²) in [7, 11) is 0. The van der Waals surface area contributed by atoms with Gasteiger partial charge in [0.1, 0.15) is 0 Å². The number of fused-ring (bicyclic) bond motifs is 1. The molecule has 1 aromatic heterocycles. The first-order valence-corrected chi connectivity index (χ1v) is 8.26. The number of hydrogen-bond acceptors (Lipinski definition) is 3. The van der Waals surface area contributed by atoms with E-state index in [1.54, 1.807) is 0 Å². The molecule has 0 saturated heterocycles. The number of halogens is 1. The van der Waals surface area contributed by atoms with Gasteiger partial charge in [-0.1, -0.05) is 22.0 Å². The second-order valence-corrected chi connectivity index (χ2v) is 6.27. The highest BCUT2D eigenvalue weighted by Crippen LogP contribution is 2.27. The number of carbonyl (C=O) groups is 1. The maximum absolute atomic E-state index is 12.3. The number of aliphatic hydroxyl groups is 1. The monoisotopic (exact) mass is 363 g/mol. The largest absolute Gasteiger partial charge is 0.395 e. The van der Waals surface area contributed by atoms with Crippen molar-refractivity contribution in [1.82, 2.24) is 15.1 Å². The van der Waals surface area contributed by atoms with Crippen molar-refractivity contribution in [2.45, 2.75) is 25.7 Å². The standard InChI is InChI=1S/C16H18BrN3O2/c17-11-4-3-5-12(10-11)20-14-7-2-1-6-13(14)15(19-20)16(22)18-8-9-21/h3-5,10,21H,1-2,6-9H2,(H,18,22). The van der Waals surface area contributed by atoms with Crippen LogP contribution in [0.3, 0.4) is 0 Å². The van der Waals surface area contributed by atoms with Crippen molar-refractivity contribution < 1.29 is 9.90 Å². The van der Waals surface area contributed by atoms with Gasteiger partial charge in [0.15, 0.2) is 5.69 Å². The predicted octanol–water partition coefficient (Wildman–Crippen LogP) is 2.24. The van der Waals surface area contributed by atoms with Gasteiger partial charge < -0.3 is 10.4 Å². The van der Waals surface area contributed by atoms with Crippen LogP contribution in [0.4, 0.5) is 0 Å². The van der Waals surface area contributed by atoms with Crippen molar-refractivity contribution in [1.29, 1.82) is 0 Å². The number of nitrogens with one attached hydrogen (secondary N) is 1. The highest BCUT2D eigenvalue weighted by molar-refractivity contribution is 9.10. The van der Waals surface area contributed by atoms with Crippen LogP contribution in [0, 0.1) is 0 Å². The van der Waals surface area contributed by atoms with Gasteiger partial charge in [-0.25, -0.2) is 4.68 Å². The van der Waals surface area contributed by atoms with E-state index in [1.807, 2.05) is 28.9 Å². The molecule has 1 aromatic carbocycles. The molecule has 0 unspecified atom stereocenters. The van der Waals surface area contributed by atoms with Crippen LogP contribution in [-0.4, -0.2) is 33.9 Å². The zero-order valence-electron chi connectivity index (χ0n) is 12.2. The highest BCUT2D eigenvalue weighted by Gasteiger charge is 2.25. The van der Waals surface area contributed by atoms with Crippen molar-refractivity contribution >= 4 is 21.8 Å². The van der Waals surface area contributed by atoms with Gasteiger partial charge in [-0.2, -0.15) is 5.10 Å². The first-order valence-electron chi connectivity index (χ1n) is 7.46. The normalized spacial score (nSPS) is 13.7. The van der Waals surface area contributed by atoms with Crippen LogP contribution in [-0.2, 0) is 12.8 Å². The van der Waals surface area contributed by atoms with E-state index in [1.165, 1.54) is 0 Å². The maximum Gasteiger partial charge on any atom is 0.272 e. The molecule has 2 aromatic rings. The summed E-state index contributed by atoms with van der Waals surface area (Å²) < 4.78 is 2.86. The topological polar surface area (TPSA) is 67.2 Å². The van der Waals surface area contributed by atoms with Crippen LogP contribution < -0.4 is 5.32 Å². The van der Waals surface area contributed by atoms with Gasteiger partial charge in [-0.15, -0.1) is 0 Å². The highest BCUT2D eigenvalue weighted by atomic mass is 79.9. The van der Waals surface area contributed by atoms with Crippen molar-refractivity contribution in [2.75, 3.05) is 13.2 Å². The molecule has 6 heteroatoms. The first kappa shape index (κ1) is 15.2. The quantitative estimate of drug-likeness (QED) is 0.875. The minimum atomic E-state index is -0.207. The van der Waals surface area contributed by atoms with E-state index in [0.717, 1.165) is 47.1 Å². The van der Waals surface area contributed by atoms with Crippen LogP contribution in [0.2, 0.25) is 0 Å². The van der Waals surface area contributed by atoms with Crippen LogP contribution in [0.15, 0.2) is 28.7 Å². The van der Waals surface area contributed by atoms with Crippen molar-refractivity contribution in [2.24, 2.45) is 0 Å². The van der Waals surface area contributed by atoms with Crippen molar-refractivity contribution in [3.05, 3.63) is 45.7 Å². The molecule has 0 radical (unpaired) electrons. The van der Waals surface area contributed by atoms with Crippen LogP contribution >= 0.6 is 15.9 Å². The Morgan fingerprint density at radius 3 is 2.95 bits per heavy atom. The number of amides is 1. The number of aliphatic hydroxyl groups excluding tert-OH is 1. The third kappa shape index (κ3) is 2.94. The van der Waals surface area contributed by atoms with E-state index in [2.05, 4.69) is 26.3 Å². The van der Waals surface area contributed by atoms with E-state index in [4.69, 9.17) is 5.11 Å². The van der Waals surface area contributed by atoms with Crippen LogP contribution in [0.25, 0.3) is 5.69 Å². The fourth-order valence-electron chi connectivity index (χ4n) is 2.86. The Kier molecular flexibility index (Phi) is 4.59. The molecule has 0 saturated carbocycles. The summed E-state index contributed by atoms with van der Waals surface area (Å²) in [4.78, 5) is 12.3. The fraction of sp³-hybridized carbons (Fsp3) is 0.375. The summed E-state index contributed by atoms with van der Waals surface area (Å²) in [6.45, 7) is 0.178. The summed E-state index contributed by atoms with van der Waals surface area (Å²) in [6.07, 6.45) is 4.01. The van der Waals surface area contributed by atoms with E-state index in [0.29, 0.717) is 5.69 Å². The molecule has 1 heterocycles. The lowest BCUT2D eigenvalue weighted by atomic mass is 9.95. The molecule has 0 aliphatic heterocycles. The van der Waals surface area contributed by atoms with Gasteiger partial charge in [0.05, 0.1) is 12.3 Å². The third-order valence-electron chi connectivity index (χ3n) is 3.85. The molecule has 1 amide bonds. The van der Waals surface area contributed by atoms with Gasteiger partial charge in [0, 0.05) is 22.3 Å². The Bertz CT molecular complexity index is 697. The molecule has 1 aliphatic carbocycles. The summed E-state index contributed by atoms with van der Waals surface area (Å²) >= 11 is 3.48. The number of hydrogen-bond donors (Lipinski definition) is 2. The van der Waals surface area contributed by atoms with E-state index >= 15 is 0 Å². The van der Waals surface area contributed by atoms with E-state index in [-0.39, 0.29) is 19.1 Å². The molecule has 1 aliphatic rings. The number of aromatic nitrogens is 2. The second-order valence-electron chi connectivity index (χ2n) is 5.35. The summed E-state index contributed by atoms with van der Waals surface area (Å²) in [5.74, 6) is -0.207. The Hall–Kier alpha value is -1.66. The van der Waals surface area contributed by atoms with Gasteiger partial charge in [0.2, 0.25) is 0 Å². The number of benzene rings is 1. The molecular weight excluding hydrogens is 346 g/mol. The molecule has 2 N–H and O–H groups in total. The Morgan fingerprint density at radius 2 is 2.18 bits per heavy atom. The first-order chi connectivity index (χ1) is 10.7. The van der Waals surface area contributed by atoms with Crippen LogP contribution in [0.5, 0.6) is 0 Å². The molecule has 0 atom stereocenters. The Balaban J connectivity index is 2.04. The van der Waals surface area contributed by atoms with E-state index in [9.17, 15) is 4.79 Å². The third-order valence-corrected chi connectivity index (χ3v) is 4.34. The lowest BCUT2D eigenvalue weighted by Gasteiger charge is -2.14. The molecular formula is C16H18BrN3O2. The van der Waals surface area contributed by atoms with Crippen LogP contribution in [0.1, 0.15) is 34.6 Å². The smallest absolute Gasteiger partial charge is 0.272 e. The van der Waals surface area contributed by atoms with Crippen molar-refractivity contribution in [3.8, 4) is 5.69 Å². The minimum Gasteiger partial charge on any atom is -0.395 e. The number of carbonyl (C=O) groups excluding carboxylic acids is 1. The van der Waals surface area contributed by atoms with Crippen molar-refractivity contribution in [3.63, 3.8) is 0 Å². The van der Waals surface area contributed by atoms with Gasteiger partial charge >= 0.3 is 0 Å². The maximum atomic E-state index is 12.3. The average molecular weight is 364 g/mol. The van der Waals surface area contributed by atoms with Gasteiger partial charge in [-0.05, 0) is 43.9 Å². The molecule has 22 heavy (non-hydrogen) atoms. The zero-order chi connectivity index (χ0) is 15.5. The molecule has 0 bridgehead atoms. The van der Waals surface area contributed by atoms with E-state index < -0.39 is 0 Å². The predicted molar refractivity (Wildman–Crippen MR) is 87.3 cm³/mol. The fourth-order valence-corrected chi connectivity index (χ4v) is 3.24. The molecule has 3 rings (SSSR count). The second kappa shape index (κ2) is 6.62. The molecule has 5 nitrogen and oxygen atoms in total.